The maximum Gasteiger partial charge on any atom is 0.162 e. The summed E-state index contributed by atoms with van der Waals surface area (Å²) in [5.74, 6) is 1.64. The smallest absolute Gasteiger partial charge is 0.162 e. The van der Waals surface area contributed by atoms with Gasteiger partial charge in [0.25, 0.3) is 0 Å². The molecule has 0 aromatic carbocycles. The van der Waals surface area contributed by atoms with Crippen LogP contribution >= 0.6 is 15.9 Å². The van der Waals surface area contributed by atoms with Gasteiger partial charge in [-0.25, -0.2) is 9.97 Å². The Balaban J connectivity index is 2.41. The molecular weight excluding hydrogens is 282 g/mol. The van der Waals surface area contributed by atoms with E-state index in [2.05, 4.69) is 45.1 Å². The summed E-state index contributed by atoms with van der Waals surface area (Å²) in [6.07, 6.45) is 2.06. The van der Waals surface area contributed by atoms with Gasteiger partial charge in [-0.2, -0.15) is 0 Å². The standard InChI is InChI=1S/C12H18BrN3O/c1-4-14-10-9(13)8(2)15-11(16-10)12(3)6-5-7-17-12/h4-7H2,1-3H3,(H,14,15,16). The van der Waals surface area contributed by atoms with Gasteiger partial charge >= 0.3 is 0 Å². The van der Waals surface area contributed by atoms with Crippen molar-refractivity contribution >= 4 is 21.7 Å². The Bertz CT molecular complexity index is 416. The van der Waals surface area contributed by atoms with Crippen LogP contribution in [0, 0.1) is 6.92 Å². The van der Waals surface area contributed by atoms with Gasteiger partial charge in [0.2, 0.25) is 0 Å². The second-order valence-corrected chi connectivity index (χ2v) is 5.30. The molecule has 0 saturated carbocycles. The van der Waals surface area contributed by atoms with E-state index in [0.717, 1.165) is 47.8 Å². The summed E-state index contributed by atoms with van der Waals surface area (Å²) >= 11 is 3.51. The van der Waals surface area contributed by atoms with Crippen molar-refractivity contribution in [3.8, 4) is 0 Å². The number of hydrogen-bond acceptors (Lipinski definition) is 4. The highest BCUT2D eigenvalue weighted by molar-refractivity contribution is 9.10. The van der Waals surface area contributed by atoms with Crippen LogP contribution in [0.2, 0.25) is 0 Å². The summed E-state index contributed by atoms with van der Waals surface area (Å²) in [5.41, 5.74) is 0.623. The van der Waals surface area contributed by atoms with E-state index in [1.165, 1.54) is 0 Å². The molecule has 94 valence electrons. The number of nitrogens with one attached hydrogen (secondary N) is 1. The molecule has 1 aromatic rings. The highest BCUT2D eigenvalue weighted by atomic mass is 79.9. The molecule has 0 bridgehead atoms. The third-order valence-electron chi connectivity index (χ3n) is 3.05. The molecule has 1 unspecified atom stereocenters. The molecule has 0 spiro atoms. The quantitative estimate of drug-likeness (QED) is 0.932. The molecule has 1 N–H and O–H groups in total. The van der Waals surface area contributed by atoms with E-state index in [1.807, 2.05) is 6.92 Å². The first-order valence-electron chi connectivity index (χ1n) is 5.99. The Morgan fingerprint density at radius 1 is 1.47 bits per heavy atom. The summed E-state index contributed by atoms with van der Waals surface area (Å²) in [5, 5.41) is 3.24. The Labute approximate surface area is 110 Å². The van der Waals surface area contributed by atoms with E-state index in [0.29, 0.717) is 0 Å². The fraction of sp³-hybridized carbons (Fsp3) is 0.667. The van der Waals surface area contributed by atoms with Gasteiger partial charge in [0.15, 0.2) is 5.82 Å². The predicted molar refractivity (Wildman–Crippen MR) is 71.2 cm³/mol. The van der Waals surface area contributed by atoms with E-state index in [9.17, 15) is 0 Å². The molecule has 17 heavy (non-hydrogen) atoms. The molecule has 0 radical (unpaired) electrons. The summed E-state index contributed by atoms with van der Waals surface area (Å²) in [4.78, 5) is 9.13. The molecule has 2 heterocycles. The molecule has 1 aliphatic rings. The summed E-state index contributed by atoms with van der Waals surface area (Å²) in [6.45, 7) is 7.74. The lowest BCUT2D eigenvalue weighted by Gasteiger charge is -2.23. The number of aromatic nitrogens is 2. The molecule has 1 fully saturated rings. The van der Waals surface area contributed by atoms with Crippen molar-refractivity contribution in [2.45, 2.75) is 39.2 Å². The first-order chi connectivity index (χ1) is 8.07. The van der Waals surface area contributed by atoms with Gasteiger partial charge in [-0.3, -0.25) is 0 Å². The van der Waals surface area contributed by atoms with E-state index in [1.54, 1.807) is 0 Å². The van der Waals surface area contributed by atoms with Crippen LogP contribution in [-0.4, -0.2) is 23.1 Å². The van der Waals surface area contributed by atoms with Crippen LogP contribution < -0.4 is 5.32 Å². The van der Waals surface area contributed by atoms with Gasteiger partial charge in [0.1, 0.15) is 11.4 Å². The fourth-order valence-corrected chi connectivity index (χ4v) is 2.35. The second-order valence-electron chi connectivity index (χ2n) is 4.51. The third-order valence-corrected chi connectivity index (χ3v) is 4.00. The lowest BCUT2D eigenvalue weighted by Crippen LogP contribution is -2.24. The summed E-state index contributed by atoms with van der Waals surface area (Å²) < 4.78 is 6.72. The zero-order valence-corrected chi connectivity index (χ0v) is 12.1. The highest BCUT2D eigenvalue weighted by Gasteiger charge is 2.35. The summed E-state index contributed by atoms with van der Waals surface area (Å²) in [6, 6.07) is 0. The first kappa shape index (κ1) is 12.8. The number of nitrogens with zero attached hydrogens (tertiary/aromatic N) is 2. The van der Waals surface area contributed by atoms with Crippen molar-refractivity contribution in [3.63, 3.8) is 0 Å². The summed E-state index contributed by atoms with van der Waals surface area (Å²) in [7, 11) is 0. The Morgan fingerprint density at radius 2 is 2.24 bits per heavy atom. The molecule has 0 amide bonds. The fourth-order valence-electron chi connectivity index (χ4n) is 2.04. The molecule has 5 heteroatoms. The number of ether oxygens (including phenoxy) is 1. The Morgan fingerprint density at radius 3 is 2.82 bits per heavy atom. The monoisotopic (exact) mass is 299 g/mol. The van der Waals surface area contributed by atoms with E-state index in [4.69, 9.17) is 4.74 Å². The second kappa shape index (κ2) is 4.90. The number of anilines is 1. The largest absolute Gasteiger partial charge is 0.369 e. The van der Waals surface area contributed by atoms with Gasteiger partial charge in [-0.15, -0.1) is 0 Å². The SMILES string of the molecule is CCNc1nc(C2(C)CCCO2)nc(C)c1Br. The minimum atomic E-state index is -0.324. The zero-order chi connectivity index (χ0) is 12.5. The van der Waals surface area contributed by atoms with Crippen molar-refractivity contribution in [2.75, 3.05) is 18.5 Å². The van der Waals surface area contributed by atoms with Crippen molar-refractivity contribution in [1.29, 1.82) is 0 Å². The van der Waals surface area contributed by atoms with Gasteiger partial charge in [0.05, 0.1) is 10.2 Å². The number of aryl methyl sites for hydroxylation is 1. The molecule has 1 saturated heterocycles. The van der Waals surface area contributed by atoms with Crippen LogP contribution in [0.4, 0.5) is 5.82 Å². The average Bonchev–Trinajstić information content (AvgIpc) is 2.73. The average molecular weight is 300 g/mol. The molecule has 1 aliphatic heterocycles. The molecular formula is C12H18BrN3O. The van der Waals surface area contributed by atoms with Gasteiger partial charge in [-0.05, 0) is 49.5 Å². The lowest BCUT2D eigenvalue weighted by molar-refractivity contribution is 0.00928. The third kappa shape index (κ3) is 2.45. The van der Waals surface area contributed by atoms with Crippen LogP contribution in [0.25, 0.3) is 0 Å². The Kier molecular flexibility index (Phi) is 3.68. The minimum Gasteiger partial charge on any atom is -0.369 e. The van der Waals surface area contributed by atoms with Crippen LogP contribution in [0.5, 0.6) is 0 Å². The van der Waals surface area contributed by atoms with Crippen LogP contribution in [0.3, 0.4) is 0 Å². The number of hydrogen-bond donors (Lipinski definition) is 1. The minimum absolute atomic E-state index is 0.324. The van der Waals surface area contributed by atoms with Crippen molar-refractivity contribution in [2.24, 2.45) is 0 Å². The zero-order valence-electron chi connectivity index (χ0n) is 10.5. The van der Waals surface area contributed by atoms with Crippen LogP contribution in [0.15, 0.2) is 4.47 Å². The van der Waals surface area contributed by atoms with Gasteiger partial charge in [0, 0.05) is 13.2 Å². The molecule has 1 atom stereocenters. The molecule has 1 aromatic heterocycles. The highest BCUT2D eigenvalue weighted by Crippen LogP contribution is 2.35. The van der Waals surface area contributed by atoms with Crippen molar-refractivity contribution < 1.29 is 4.74 Å². The molecule has 4 nitrogen and oxygen atoms in total. The van der Waals surface area contributed by atoms with E-state index >= 15 is 0 Å². The maximum atomic E-state index is 5.79. The Hall–Kier alpha value is -0.680. The lowest BCUT2D eigenvalue weighted by atomic mass is 10.0. The van der Waals surface area contributed by atoms with Crippen LogP contribution in [0.1, 0.15) is 38.2 Å². The number of halogens is 1. The van der Waals surface area contributed by atoms with E-state index in [-0.39, 0.29) is 5.60 Å². The molecule has 2 rings (SSSR count). The maximum absolute atomic E-state index is 5.79. The van der Waals surface area contributed by atoms with Crippen LogP contribution in [-0.2, 0) is 10.3 Å². The molecule has 0 aliphatic carbocycles. The predicted octanol–water partition coefficient (Wildman–Crippen LogP) is 3.00. The topological polar surface area (TPSA) is 47.0 Å². The first-order valence-corrected chi connectivity index (χ1v) is 6.78. The van der Waals surface area contributed by atoms with E-state index < -0.39 is 0 Å². The van der Waals surface area contributed by atoms with Gasteiger partial charge < -0.3 is 10.1 Å². The number of rotatable bonds is 3. The van der Waals surface area contributed by atoms with Crippen molar-refractivity contribution in [3.05, 3.63) is 16.0 Å². The van der Waals surface area contributed by atoms with Crippen molar-refractivity contribution in [1.82, 2.24) is 9.97 Å². The normalized spacial score (nSPS) is 24.0. The van der Waals surface area contributed by atoms with Gasteiger partial charge in [-0.1, -0.05) is 0 Å².